The molecule has 7 heteroatoms. The Morgan fingerprint density at radius 3 is 2.67 bits per heavy atom. The topological polar surface area (TPSA) is 54.6 Å². The van der Waals surface area contributed by atoms with Gasteiger partial charge in [-0.2, -0.15) is 5.10 Å². The van der Waals surface area contributed by atoms with Crippen LogP contribution in [0.15, 0.2) is 44.5 Å². The van der Waals surface area contributed by atoms with Crippen molar-refractivity contribution in [3.05, 3.63) is 56.4 Å². The smallest absolute Gasteiger partial charge is 0.307 e. The Kier molecular flexibility index (Phi) is 5.45. The zero-order valence-corrected chi connectivity index (χ0v) is 14.1. The minimum Gasteiger partial charge on any atom is -0.444 e. The van der Waals surface area contributed by atoms with Gasteiger partial charge in [-0.1, -0.05) is 36.2 Å². The molecule has 0 saturated heterocycles. The Hall–Kier alpha value is -1.30. The average molecular weight is 390 g/mol. The second-order valence-electron chi connectivity index (χ2n) is 4.08. The number of rotatable bonds is 4. The molecule has 4 nitrogen and oxygen atoms in total. The number of carbonyl (C=O) groups excluding carboxylic acids is 1. The molecule has 0 spiro atoms. The van der Waals surface area contributed by atoms with E-state index in [0.29, 0.717) is 26.8 Å². The van der Waals surface area contributed by atoms with Gasteiger partial charge in [-0.05, 0) is 46.6 Å². The number of nitrogens with zero attached hydrogens (tertiary/aromatic N) is 1. The number of nitrogens with one attached hydrogen (secondary N) is 1. The summed E-state index contributed by atoms with van der Waals surface area (Å²) in [6, 6.07) is 8.31. The van der Waals surface area contributed by atoms with Crippen LogP contribution in [0.4, 0.5) is 0 Å². The number of amides is 1. The highest BCUT2D eigenvalue weighted by molar-refractivity contribution is 9.10. The third kappa shape index (κ3) is 4.09. The predicted octanol–water partition coefficient (Wildman–Crippen LogP) is 4.89. The van der Waals surface area contributed by atoms with E-state index >= 15 is 0 Å². The van der Waals surface area contributed by atoms with Gasteiger partial charge in [-0.15, -0.1) is 0 Å². The van der Waals surface area contributed by atoms with Crippen molar-refractivity contribution in [3.63, 3.8) is 0 Å². The molecule has 0 bridgehead atoms. The van der Waals surface area contributed by atoms with Gasteiger partial charge in [-0.3, -0.25) is 4.79 Å². The molecule has 0 radical (unpaired) electrons. The Morgan fingerprint density at radius 1 is 1.33 bits per heavy atom. The lowest BCUT2D eigenvalue weighted by atomic mass is 10.1. The van der Waals surface area contributed by atoms with Gasteiger partial charge in [0.15, 0.2) is 10.4 Å². The maximum Gasteiger partial charge on any atom is 0.307 e. The fraction of sp³-hybridized carbons (Fsp3) is 0.143. The summed E-state index contributed by atoms with van der Waals surface area (Å²) in [7, 11) is 0. The second-order valence-corrected chi connectivity index (χ2v) is 5.71. The van der Waals surface area contributed by atoms with Crippen molar-refractivity contribution in [1.29, 1.82) is 0 Å². The quantitative estimate of drug-likeness (QED) is 0.597. The normalized spacial score (nSPS) is 11.5. The highest BCUT2D eigenvalue weighted by Gasteiger charge is 2.11. The van der Waals surface area contributed by atoms with E-state index in [1.807, 2.05) is 6.92 Å². The molecule has 0 saturated carbocycles. The largest absolute Gasteiger partial charge is 0.444 e. The first-order valence-corrected chi connectivity index (χ1v) is 7.63. The third-order valence-corrected chi connectivity index (χ3v) is 3.64. The standard InChI is InChI=1S/C14H11BrCl2N2O2/c1-2-11(9-4-3-8(16)7-10(9)17)18-19-14(20)12-5-6-13(15)21-12/h3-7H,2H2,1H3,(H,19,20). The minimum absolute atomic E-state index is 0.170. The van der Waals surface area contributed by atoms with Crippen LogP contribution in [-0.2, 0) is 0 Å². The molecule has 1 amide bonds. The van der Waals surface area contributed by atoms with Gasteiger partial charge in [-0.25, -0.2) is 5.43 Å². The Bertz CT molecular complexity index is 698. The maximum atomic E-state index is 11.9. The molecule has 0 aliphatic carbocycles. The van der Waals surface area contributed by atoms with Crippen molar-refractivity contribution in [2.45, 2.75) is 13.3 Å². The lowest BCUT2D eigenvalue weighted by Crippen LogP contribution is -2.19. The number of halogens is 3. The molecule has 1 aromatic heterocycles. The first-order chi connectivity index (χ1) is 10.0. The number of carbonyl (C=O) groups is 1. The predicted molar refractivity (Wildman–Crippen MR) is 87.2 cm³/mol. The highest BCUT2D eigenvalue weighted by atomic mass is 79.9. The van der Waals surface area contributed by atoms with Crippen LogP contribution in [0.3, 0.4) is 0 Å². The van der Waals surface area contributed by atoms with E-state index in [2.05, 4.69) is 26.5 Å². The summed E-state index contributed by atoms with van der Waals surface area (Å²) in [6.45, 7) is 1.92. The molecule has 0 atom stereocenters. The van der Waals surface area contributed by atoms with Crippen LogP contribution in [0.2, 0.25) is 10.0 Å². The highest BCUT2D eigenvalue weighted by Crippen LogP contribution is 2.22. The molecule has 2 aromatic rings. The maximum absolute atomic E-state index is 11.9. The monoisotopic (exact) mass is 388 g/mol. The molecule has 0 fully saturated rings. The van der Waals surface area contributed by atoms with Crippen LogP contribution in [0.1, 0.15) is 29.5 Å². The van der Waals surface area contributed by atoms with Crippen LogP contribution in [0, 0.1) is 0 Å². The summed E-state index contributed by atoms with van der Waals surface area (Å²) in [4.78, 5) is 11.9. The molecular weight excluding hydrogens is 379 g/mol. The first-order valence-electron chi connectivity index (χ1n) is 6.09. The molecule has 0 aliphatic heterocycles. The number of hydrazone groups is 1. The summed E-state index contributed by atoms with van der Waals surface area (Å²) in [5.74, 6) is -0.264. The molecule has 1 aromatic carbocycles. The minimum atomic E-state index is -0.434. The molecule has 110 valence electrons. The Labute approximate surface area is 140 Å². The lowest BCUT2D eigenvalue weighted by molar-refractivity contribution is 0.0926. The van der Waals surface area contributed by atoms with Crippen LogP contribution < -0.4 is 5.43 Å². The number of benzene rings is 1. The third-order valence-electron chi connectivity index (χ3n) is 2.67. The molecule has 21 heavy (non-hydrogen) atoms. The van der Waals surface area contributed by atoms with E-state index in [1.165, 1.54) is 0 Å². The van der Waals surface area contributed by atoms with E-state index < -0.39 is 5.91 Å². The summed E-state index contributed by atoms with van der Waals surface area (Å²) in [6.07, 6.45) is 0.601. The number of furan rings is 1. The first kappa shape index (κ1) is 16.1. The van der Waals surface area contributed by atoms with Gasteiger partial charge < -0.3 is 4.42 Å². The summed E-state index contributed by atoms with van der Waals surface area (Å²) in [5.41, 5.74) is 3.82. The Morgan fingerprint density at radius 2 is 2.10 bits per heavy atom. The molecule has 2 rings (SSSR count). The van der Waals surface area contributed by atoms with Gasteiger partial charge in [0.1, 0.15) is 0 Å². The van der Waals surface area contributed by atoms with Gasteiger partial charge in [0.05, 0.1) is 10.7 Å². The van der Waals surface area contributed by atoms with Crippen molar-refractivity contribution in [3.8, 4) is 0 Å². The van der Waals surface area contributed by atoms with Crippen LogP contribution in [-0.4, -0.2) is 11.6 Å². The number of hydrogen-bond acceptors (Lipinski definition) is 3. The van der Waals surface area contributed by atoms with Gasteiger partial charge in [0.25, 0.3) is 0 Å². The fourth-order valence-electron chi connectivity index (χ4n) is 1.66. The summed E-state index contributed by atoms with van der Waals surface area (Å²) in [5, 5.41) is 5.13. The van der Waals surface area contributed by atoms with Crippen molar-refractivity contribution >= 4 is 50.8 Å². The van der Waals surface area contributed by atoms with E-state index in [0.717, 1.165) is 5.56 Å². The van der Waals surface area contributed by atoms with E-state index in [-0.39, 0.29) is 5.76 Å². The van der Waals surface area contributed by atoms with Crippen molar-refractivity contribution in [1.82, 2.24) is 5.43 Å². The van der Waals surface area contributed by atoms with E-state index in [1.54, 1.807) is 30.3 Å². The summed E-state index contributed by atoms with van der Waals surface area (Å²) < 4.78 is 5.63. The molecule has 1 N–H and O–H groups in total. The van der Waals surface area contributed by atoms with E-state index in [9.17, 15) is 4.79 Å². The average Bonchev–Trinajstić information content (AvgIpc) is 2.87. The molecular formula is C14H11BrCl2N2O2. The van der Waals surface area contributed by atoms with Gasteiger partial charge in [0, 0.05) is 10.6 Å². The van der Waals surface area contributed by atoms with Crippen molar-refractivity contribution in [2.24, 2.45) is 5.10 Å². The zero-order chi connectivity index (χ0) is 15.4. The van der Waals surface area contributed by atoms with Gasteiger partial charge in [0.2, 0.25) is 0 Å². The molecule has 0 unspecified atom stereocenters. The zero-order valence-electron chi connectivity index (χ0n) is 11.0. The van der Waals surface area contributed by atoms with Gasteiger partial charge >= 0.3 is 5.91 Å². The summed E-state index contributed by atoms with van der Waals surface area (Å²) >= 11 is 15.1. The van der Waals surface area contributed by atoms with Crippen LogP contribution in [0.5, 0.6) is 0 Å². The molecule has 0 aliphatic rings. The van der Waals surface area contributed by atoms with Crippen molar-refractivity contribution in [2.75, 3.05) is 0 Å². The Balaban J connectivity index is 2.19. The second kappa shape index (κ2) is 7.11. The SMILES string of the molecule is CCC(=NNC(=O)c1ccc(Br)o1)c1ccc(Cl)cc1Cl. The molecule has 1 heterocycles. The number of hydrogen-bond donors (Lipinski definition) is 1. The van der Waals surface area contributed by atoms with E-state index in [4.69, 9.17) is 27.6 Å². The van der Waals surface area contributed by atoms with Crippen LogP contribution in [0.25, 0.3) is 0 Å². The lowest BCUT2D eigenvalue weighted by Gasteiger charge is -2.07. The van der Waals surface area contributed by atoms with Crippen molar-refractivity contribution < 1.29 is 9.21 Å². The van der Waals surface area contributed by atoms with Crippen LogP contribution >= 0.6 is 39.1 Å². The fourth-order valence-corrected chi connectivity index (χ4v) is 2.49.